The summed E-state index contributed by atoms with van der Waals surface area (Å²) in [6, 6.07) is 16.4. The molecule has 0 aromatic heterocycles. The van der Waals surface area contributed by atoms with Crippen molar-refractivity contribution in [1.29, 1.82) is 0 Å². The van der Waals surface area contributed by atoms with Gasteiger partial charge in [-0.05, 0) is 42.7 Å². The average molecular weight is 341 g/mol. The Hall–Kier alpha value is -2.16. The van der Waals surface area contributed by atoms with Gasteiger partial charge in [0.25, 0.3) is 0 Å². The molecule has 0 saturated heterocycles. The summed E-state index contributed by atoms with van der Waals surface area (Å²) < 4.78 is 11.5. The zero-order valence-corrected chi connectivity index (χ0v) is 15.6. The molecular weight excluding hydrogens is 310 g/mol. The molecule has 1 N–H and O–H groups in total. The molecule has 3 heteroatoms. The molecule has 0 aliphatic heterocycles. The lowest BCUT2D eigenvalue weighted by atomic mass is 10.2. The smallest absolute Gasteiger partial charge is 0.121 e. The summed E-state index contributed by atoms with van der Waals surface area (Å²) in [5.74, 6) is 1.87. The van der Waals surface area contributed by atoms with Crippen molar-refractivity contribution >= 4 is 5.69 Å². The summed E-state index contributed by atoms with van der Waals surface area (Å²) in [7, 11) is 0. The largest absolute Gasteiger partial charge is 0.494 e. The van der Waals surface area contributed by atoms with Crippen molar-refractivity contribution in [3.63, 3.8) is 0 Å². The fourth-order valence-electron chi connectivity index (χ4n) is 2.58. The molecule has 0 aliphatic carbocycles. The third-order valence-corrected chi connectivity index (χ3v) is 3.97. The standard InChI is InChI=1S/C22H31NO2/c1-3-5-6-7-15-25-22-13-9-11-20(17-22)23-18-19-10-8-12-21(16-19)24-14-4-2/h8-13,16-17,23H,3-7,14-15,18H2,1-2H3. The van der Waals surface area contributed by atoms with Gasteiger partial charge in [-0.1, -0.05) is 51.3 Å². The van der Waals surface area contributed by atoms with Crippen LogP contribution in [0.15, 0.2) is 48.5 Å². The van der Waals surface area contributed by atoms with Gasteiger partial charge in [-0.3, -0.25) is 0 Å². The van der Waals surface area contributed by atoms with Crippen LogP contribution >= 0.6 is 0 Å². The zero-order chi connectivity index (χ0) is 17.7. The molecule has 0 atom stereocenters. The minimum absolute atomic E-state index is 0.758. The highest BCUT2D eigenvalue weighted by atomic mass is 16.5. The Morgan fingerprint density at radius 2 is 1.52 bits per heavy atom. The van der Waals surface area contributed by atoms with Crippen LogP contribution in [0, 0.1) is 0 Å². The molecule has 0 saturated carbocycles. The third kappa shape index (κ3) is 7.51. The van der Waals surface area contributed by atoms with E-state index in [2.05, 4.69) is 43.4 Å². The van der Waals surface area contributed by atoms with Gasteiger partial charge in [0.2, 0.25) is 0 Å². The minimum Gasteiger partial charge on any atom is -0.494 e. The highest BCUT2D eigenvalue weighted by molar-refractivity contribution is 5.48. The summed E-state index contributed by atoms with van der Waals surface area (Å²) in [6.45, 7) is 6.66. The fraction of sp³-hybridized carbons (Fsp3) is 0.455. The van der Waals surface area contributed by atoms with Gasteiger partial charge in [-0.2, -0.15) is 0 Å². The van der Waals surface area contributed by atoms with E-state index in [-0.39, 0.29) is 0 Å². The molecule has 25 heavy (non-hydrogen) atoms. The number of benzene rings is 2. The fourth-order valence-corrected chi connectivity index (χ4v) is 2.58. The predicted octanol–water partition coefficient (Wildman–Crippen LogP) is 6.05. The van der Waals surface area contributed by atoms with Gasteiger partial charge in [0, 0.05) is 18.3 Å². The first-order valence-electron chi connectivity index (χ1n) is 9.50. The summed E-state index contributed by atoms with van der Waals surface area (Å²) in [5.41, 5.74) is 2.28. The maximum atomic E-state index is 5.85. The maximum Gasteiger partial charge on any atom is 0.121 e. The van der Waals surface area contributed by atoms with Gasteiger partial charge < -0.3 is 14.8 Å². The molecule has 2 rings (SSSR count). The number of anilines is 1. The summed E-state index contributed by atoms with van der Waals surface area (Å²) >= 11 is 0. The normalized spacial score (nSPS) is 10.5. The molecule has 0 bridgehead atoms. The molecule has 2 aromatic carbocycles. The van der Waals surface area contributed by atoms with Crippen LogP contribution in [0.2, 0.25) is 0 Å². The van der Waals surface area contributed by atoms with Gasteiger partial charge in [0.05, 0.1) is 13.2 Å². The van der Waals surface area contributed by atoms with Crippen LogP contribution in [0.5, 0.6) is 11.5 Å². The number of rotatable bonds is 12. The molecule has 0 fully saturated rings. The molecule has 0 spiro atoms. The lowest BCUT2D eigenvalue weighted by Crippen LogP contribution is -2.02. The Morgan fingerprint density at radius 1 is 0.760 bits per heavy atom. The third-order valence-electron chi connectivity index (χ3n) is 3.97. The summed E-state index contributed by atoms with van der Waals surface area (Å²) in [6.07, 6.45) is 5.92. The van der Waals surface area contributed by atoms with Crippen molar-refractivity contribution < 1.29 is 9.47 Å². The Labute approximate surface area is 152 Å². The molecule has 0 unspecified atom stereocenters. The number of hydrogen-bond acceptors (Lipinski definition) is 3. The van der Waals surface area contributed by atoms with E-state index in [1.165, 1.54) is 24.8 Å². The minimum atomic E-state index is 0.758. The monoisotopic (exact) mass is 341 g/mol. The molecule has 136 valence electrons. The van der Waals surface area contributed by atoms with Gasteiger partial charge in [-0.25, -0.2) is 0 Å². The van der Waals surface area contributed by atoms with Crippen LogP contribution in [0.4, 0.5) is 5.69 Å². The zero-order valence-electron chi connectivity index (χ0n) is 15.6. The molecular formula is C22H31NO2. The van der Waals surface area contributed by atoms with E-state index < -0.39 is 0 Å². The quantitative estimate of drug-likeness (QED) is 0.477. The second-order valence-electron chi connectivity index (χ2n) is 6.29. The van der Waals surface area contributed by atoms with Crippen LogP contribution in [-0.4, -0.2) is 13.2 Å². The van der Waals surface area contributed by atoms with Crippen LogP contribution in [0.25, 0.3) is 0 Å². The van der Waals surface area contributed by atoms with E-state index >= 15 is 0 Å². The van der Waals surface area contributed by atoms with E-state index in [1.807, 2.05) is 24.3 Å². The second kappa shape index (κ2) is 11.4. The van der Waals surface area contributed by atoms with Crippen molar-refractivity contribution in [3.05, 3.63) is 54.1 Å². The second-order valence-corrected chi connectivity index (χ2v) is 6.29. The first-order chi connectivity index (χ1) is 12.3. The van der Waals surface area contributed by atoms with Gasteiger partial charge in [0.1, 0.15) is 11.5 Å². The van der Waals surface area contributed by atoms with Gasteiger partial charge in [-0.15, -0.1) is 0 Å². The van der Waals surface area contributed by atoms with E-state index in [1.54, 1.807) is 0 Å². The lowest BCUT2D eigenvalue weighted by molar-refractivity contribution is 0.305. The highest BCUT2D eigenvalue weighted by Crippen LogP contribution is 2.20. The summed E-state index contributed by atoms with van der Waals surface area (Å²) in [5, 5.41) is 3.46. The van der Waals surface area contributed by atoms with Crippen molar-refractivity contribution in [3.8, 4) is 11.5 Å². The van der Waals surface area contributed by atoms with Crippen molar-refractivity contribution in [2.45, 2.75) is 52.5 Å². The van der Waals surface area contributed by atoms with Gasteiger partial charge >= 0.3 is 0 Å². The molecule has 0 heterocycles. The molecule has 2 aromatic rings. The Morgan fingerprint density at radius 3 is 2.32 bits per heavy atom. The van der Waals surface area contributed by atoms with Crippen LogP contribution in [0.1, 0.15) is 51.5 Å². The van der Waals surface area contributed by atoms with E-state index in [9.17, 15) is 0 Å². The van der Waals surface area contributed by atoms with Crippen LogP contribution in [0.3, 0.4) is 0 Å². The molecule has 0 radical (unpaired) electrons. The Balaban J connectivity index is 1.81. The molecule has 0 amide bonds. The maximum absolute atomic E-state index is 5.85. The number of nitrogens with one attached hydrogen (secondary N) is 1. The number of ether oxygens (including phenoxy) is 2. The number of hydrogen-bond donors (Lipinski definition) is 1. The average Bonchev–Trinajstić information content (AvgIpc) is 2.65. The van der Waals surface area contributed by atoms with Crippen molar-refractivity contribution in [1.82, 2.24) is 0 Å². The van der Waals surface area contributed by atoms with E-state index in [4.69, 9.17) is 9.47 Å². The predicted molar refractivity (Wildman–Crippen MR) is 106 cm³/mol. The molecule has 0 aliphatic rings. The van der Waals surface area contributed by atoms with Crippen LogP contribution < -0.4 is 14.8 Å². The van der Waals surface area contributed by atoms with E-state index in [0.29, 0.717) is 0 Å². The number of unbranched alkanes of at least 4 members (excludes halogenated alkanes) is 3. The van der Waals surface area contributed by atoms with Crippen molar-refractivity contribution in [2.75, 3.05) is 18.5 Å². The SMILES string of the molecule is CCCCCCOc1cccc(NCc2cccc(OCCC)c2)c1. The van der Waals surface area contributed by atoms with Crippen molar-refractivity contribution in [2.24, 2.45) is 0 Å². The lowest BCUT2D eigenvalue weighted by Gasteiger charge is -2.11. The first kappa shape index (κ1) is 19.2. The first-order valence-corrected chi connectivity index (χ1v) is 9.50. The Kier molecular flexibility index (Phi) is 8.74. The highest BCUT2D eigenvalue weighted by Gasteiger charge is 2.00. The van der Waals surface area contributed by atoms with Crippen LogP contribution in [-0.2, 0) is 6.54 Å². The van der Waals surface area contributed by atoms with Gasteiger partial charge in [0.15, 0.2) is 0 Å². The summed E-state index contributed by atoms with van der Waals surface area (Å²) in [4.78, 5) is 0. The Bertz CT molecular complexity index is 612. The molecule has 3 nitrogen and oxygen atoms in total. The van der Waals surface area contributed by atoms with E-state index in [0.717, 1.165) is 49.8 Å². The topological polar surface area (TPSA) is 30.5 Å².